The fraction of sp³-hybridized carbons (Fsp3) is 1.00. The number of nitrogens with two attached hydrogens (primary N) is 1. The summed E-state index contributed by atoms with van der Waals surface area (Å²) in [5, 5.41) is 0. The van der Waals surface area contributed by atoms with Gasteiger partial charge in [0.1, 0.15) is 0 Å². The highest BCUT2D eigenvalue weighted by Crippen LogP contribution is 2.22. The van der Waals surface area contributed by atoms with Crippen LogP contribution in [-0.2, 0) is 23.7 Å². The van der Waals surface area contributed by atoms with Crippen molar-refractivity contribution in [2.24, 2.45) is 5.73 Å². The van der Waals surface area contributed by atoms with Crippen LogP contribution < -0.4 is 5.73 Å². The third-order valence-electron chi connectivity index (χ3n) is 5.37. The second-order valence-corrected chi connectivity index (χ2v) is 12.0. The molecule has 35 heavy (non-hydrogen) atoms. The molecule has 0 aliphatic heterocycles. The van der Waals surface area contributed by atoms with Crippen LogP contribution in [0.4, 0.5) is 0 Å². The quantitative estimate of drug-likeness (QED) is 0.0675. The third kappa shape index (κ3) is 24.7. The van der Waals surface area contributed by atoms with Gasteiger partial charge >= 0.3 is 0 Å². The lowest BCUT2D eigenvalue weighted by Gasteiger charge is -2.20. The first kappa shape index (κ1) is 35.6. The lowest BCUT2D eigenvalue weighted by atomic mass is 10.1. The Morgan fingerprint density at radius 3 is 1.43 bits per heavy atom. The van der Waals surface area contributed by atoms with Crippen LogP contribution in [0.3, 0.4) is 0 Å². The zero-order valence-corrected chi connectivity index (χ0v) is 25.5. The smallest absolute Gasteiger partial charge is 0.157 e. The predicted octanol–water partition coefficient (Wildman–Crippen LogP) is 6.39. The molecule has 0 bridgehead atoms. The first-order valence-corrected chi connectivity index (χ1v) is 17.2. The van der Waals surface area contributed by atoms with E-state index in [1.807, 2.05) is 0 Å². The lowest BCUT2D eigenvalue weighted by Crippen LogP contribution is -2.19. The van der Waals surface area contributed by atoms with Crippen LogP contribution in [0.5, 0.6) is 0 Å². The van der Waals surface area contributed by atoms with Crippen molar-refractivity contribution in [2.75, 3.05) is 64.2 Å². The summed E-state index contributed by atoms with van der Waals surface area (Å²) in [4.78, 5) is 0. The molecule has 0 aliphatic rings. The Labute approximate surface area is 221 Å². The third-order valence-corrected chi connectivity index (χ3v) is 8.00. The summed E-state index contributed by atoms with van der Waals surface area (Å²) < 4.78 is 29.6. The molecule has 0 amide bonds. The van der Waals surface area contributed by atoms with Gasteiger partial charge in [-0.3, -0.25) is 0 Å². The average Bonchev–Trinajstić information content (AvgIpc) is 2.87. The van der Waals surface area contributed by atoms with Crippen LogP contribution in [-0.4, -0.2) is 82.9 Å². The largest absolute Gasteiger partial charge is 0.378 e. The van der Waals surface area contributed by atoms with Crippen LogP contribution in [0.2, 0.25) is 0 Å². The van der Waals surface area contributed by atoms with E-state index < -0.39 is 0 Å². The number of ether oxygens (including phenoxy) is 5. The zero-order valence-electron chi connectivity index (χ0n) is 23.5. The van der Waals surface area contributed by atoms with E-state index in [4.69, 9.17) is 29.4 Å². The van der Waals surface area contributed by atoms with Gasteiger partial charge in [0, 0.05) is 45.9 Å². The highest BCUT2D eigenvalue weighted by atomic mass is 31.1. The minimum Gasteiger partial charge on any atom is -0.378 e. The topological polar surface area (TPSA) is 72.2 Å². The van der Waals surface area contributed by atoms with Crippen molar-refractivity contribution in [3.8, 4) is 0 Å². The molecule has 0 spiro atoms. The number of hydrogen-bond acceptors (Lipinski definition) is 6. The summed E-state index contributed by atoms with van der Waals surface area (Å²) in [7, 11) is 1.92. The van der Waals surface area contributed by atoms with E-state index in [0.29, 0.717) is 12.6 Å². The molecule has 0 saturated heterocycles. The Balaban J connectivity index is 4.12. The van der Waals surface area contributed by atoms with E-state index in [2.05, 4.69) is 27.7 Å². The lowest BCUT2D eigenvalue weighted by molar-refractivity contribution is -0.142. The SMILES string of the molecule is CCCOC(CCPCCCC(CCPCCC(OCCC)OCCC)OCCCN)OCCC. The van der Waals surface area contributed by atoms with Crippen molar-refractivity contribution < 1.29 is 23.7 Å². The molecule has 0 aromatic carbocycles. The molecule has 6 nitrogen and oxygen atoms in total. The number of rotatable bonds is 29. The molecule has 0 aromatic rings. The molecule has 0 rings (SSSR count). The average molecular weight is 540 g/mol. The fourth-order valence-electron chi connectivity index (χ4n) is 3.48. The van der Waals surface area contributed by atoms with Gasteiger partial charge in [-0.2, -0.15) is 0 Å². The van der Waals surface area contributed by atoms with Crippen molar-refractivity contribution in [3.63, 3.8) is 0 Å². The van der Waals surface area contributed by atoms with Gasteiger partial charge in [-0.05, 0) is 82.6 Å². The molecule has 0 fully saturated rings. The van der Waals surface area contributed by atoms with E-state index in [9.17, 15) is 0 Å². The second kappa shape index (κ2) is 29.2. The van der Waals surface area contributed by atoms with E-state index >= 15 is 0 Å². The Hall–Kier alpha value is 0.620. The van der Waals surface area contributed by atoms with Gasteiger partial charge in [0.2, 0.25) is 0 Å². The van der Waals surface area contributed by atoms with Crippen molar-refractivity contribution in [3.05, 3.63) is 0 Å². The molecule has 212 valence electrons. The maximum atomic E-state index is 6.19. The van der Waals surface area contributed by atoms with Crippen LogP contribution in [0.15, 0.2) is 0 Å². The Kier molecular flexibility index (Phi) is 29.7. The van der Waals surface area contributed by atoms with E-state index in [0.717, 1.165) is 108 Å². The summed E-state index contributed by atoms with van der Waals surface area (Å²) in [6.45, 7) is 13.2. The molecule has 8 heteroatoms. The van der Waals surface area contributed by atoms with Gasteiger partial charge in [-0.15, -0.1) is 17.2 Å². The minimum atomic E-state index is -0.0284. The molecule has 0 aromatic heterocycles. The molecule has 3 unspecified atom stereocenters. The molecular formula is C27H59NO5P2. The van der Waals surface area contributed by atoms with Crippen LogP contribution in [0.1, 0.15) is 91.9 Å². The fourth-order valence-corrected chi connectivity index (χ4v) is 5.84. The van der Waals surface area contributed by atoms with E-state index in [1.54, 1.807) is 0 Å². The zero-order chi connectivity index (χ0) is 25.8. The highest BCUT2D eigenvalue weighted by Gasteiger charge is 2.12. The van der Waals surface area contributed by atoms with Crippen LogP contribution in [0, 0.1) is 0 Å². The summed E-state index contributed by atoms with van der Waals surface area (Å²) in [6, 6.07) is 0. The maximum Gasteiger partial charge on any atom is 0.157 e. The Morgan fingerprint density at radius 1 is 0.514 bits per heavy atom. The highest BCUT2D eigenvalue weighted by molar-refractivity contribution is 7.38. The molecule has 0 heterocycles. The first-order chi connectivity index (χ1) is 17.2. The summed E-state index contributed by atoms with van der Waals surface area (Å²) in [6.07, 6.45) is 15.9. The summed E-state index contributed by atoms with van der Waals surface area (Å²) in [5.74, 6) is 0. The van der Waals surface area contributed by atoms with Crippen molar-refractivity contribution in [2.45, 2.75) is 111 Å². The van der Waals surface area contributed by atoms with Gasteiger partial charge in [-0.1, -0.05) is 27.7 Å². The standard InChI is InChI=1S/C27H59NO5P2/c1-5-16-30-26(31-17-6-2)13-23-34-21-9-11-25(29-20-10-15-28)12-22-35-24-14-27(32-18-7-3)33-19-8-4/h25-27,34-35H,5-24,28H2,1-4H3. The molecule has 0 aliphatic carbocycles. The predicted molar refractivity (Wildman–Crippen MR) is 155 cm³/mol. The molecule has 3 atom stereocenters. The van der Waals surface area contributed by atoms with Crippen molar-refractivity contribution in [1.29, 1.82) is 0 Å². The maximum absolute atomic E-state index is 6.19. The molecule has 0 saturated carbocycles. The molecule has 0 radical (unpaired) electrons. The van der Waals surface area contributed by atoms with Gasteiger partial charge in [0.05, 0.1) is 6.10 Å². The van der Waals surface area contributed by atoms with Crippen LogP contribution in [0.25, 0.3) is 0 Å². The van der Waals surface area contributed by atoms with E-state index in [1.165, 1.54) is 31.1 Å². The van der Waals surface area contributed by atoms with Gasteiger partial charge in [0.15, 0.2) is 12.6 Å². The first-order valence-electron chi connectivity index (χ1n) is 14.4. The normalized spacial score (nSPS) is 13.5. The monoisotopic (exact) mass is 539 g/mol. The Morgan fingerprint density at radius 2 is 0.971 bits per heavy atom. The molecular weight excluding hydrogens is 480 g/mol. The van der Waals surface area contributed by atoms with E-state index in [-0.39, 0.29) is 12.6 Å². The Bertz CT molecular complexity index is 394. The number of hydrogen-bond donors (Lipinski definition) is 1. The van der Waals surface area contributed by atoms with Gasteiger partial charge in [-0.25, -0.2) is 0 Å². The van der Waals surface area contributed by atoms with Gasteiger partial charge in [0.25, 0.3) is 0 Å². The summed E-state index contributed by atoms with van der Waals surface area (Å²) >= 11 is 0. The van der Waals surface area contributed by atoms with Crippen LogP contribution >= 0.6 is 17.2 Å². The summed E-state index contributed by atoms with van der Waals surface area (Å²) in [5.41, 5.74) is 5.67. The molecule has 2 N–H and O–H groups in total. The second-order valence-electron chi connectivity index (χ2n) is 8.99. The van der Waals surface area contributed by atoms with Crippen molar-refractivity contribution in [1.82, 2.24) is 0 Å². The minimum absolute atomic E-state index is 0.0184. The van der Waals surface area contributed by atoms with Crippen molar-refractivity contribution >= 4 is 17.2 Å². The van der Waals surface area contributed by atoms with Gasteiger partial charge < -0.3 is 29.4 Å².